The molecular weight excluding hydrogens is 312 g/mol. The second kappa shape index (κ2) is 5.54. The SMILES string of the molecule is CCCn1c(CC)[n+]([O-])c2cc(S(N)(=O)=O)cc([N+](=O)[O-])c21. The second-order valence-corrected chi connectivity index (χ2v) is 6.39. The molecule has 0 saturated carbocycles. The summed E-state index contributed by atoms with van der Waals surface area (Å²) in [6.07, 6.45) is 1.03. The van der Waals surface area contributed by atoms with Crippen molar-refractivity contribution in [1.82, 2.24) is 4.57 Å². The standard InChI is InChI=1S/C12H16N4O5S/c1-3-5-14-11(4-2)15(17)9-6-8(22(13,20)21)7-10(12(9)14)16(18)19/h6-7H,3-5H2,1-2H3,(H2,13,20,21). The van der Waals surface area contributed by atoms with Crippen LogP contribution in [0.1, 0.15) is 26.1 Å². The van der Waals surface area contributed by atoms with Crippen LogP contribution in [0, 0.1) is 15.3 Å². The predicted molar refractivity (Wildman–Crippen MR) is 78.6 cm³/mol. The Morgan fingerprint density at radius 1 is 1.36 bits per heavy atom. The lowest BCUT2D eigenvalue weighted by Crippen LogP contribution is -2.31. The minimum Gasteiger partial charge on any atom is -0.710 e. The molecule has 10 heteroatoms. The molecule has 0 bridgehead atoms. The van der Waals surface area contributed by atoms with Gasteiger partial charge in [0.2, 0.25) is 10.0 Å². The fourth-order valence-electron chi connectivity index (χ4n) is 2.49. The van der Waals surface area contributed by atoms with Gasteiger partial charge in [-0.25, -0.2) is 22.9 Å². The van der Waals surface area contributed by atoms with E-state index >= 15 is 0 Å². The first-order valence-electron chi connectivity index (χ1n) is 6.68. The minimum absolute atomic E-state index is 0.0662. The average molecular weight is 328 g/mol. The second-order valence-electron chi connectivity index (χ2n) is 4.83. The number of aromatic nitrogens is 2. The third-order valence-electron chi connectivity index (χ3n) is 3.37. The summed E-state index contributed by atoms with van der Waals surface area (Å²) in [5.74, 6) is 0.339. The molecule has 0 spiro atoms. The van der Waals surface area contributed by atoms with Crippen LogP contribution in [0.5, 0.6) is 0 Å². The number of rotatable bonds is 5. The molecule has 0 aliphatic carbocycles. The van der Waals surface area contributed by atoms with Crippen molar-refractivity contribution in [2.45, 2.75) is 38.1 Å². The van der Waals surface area contributed by atoms with E-state index in [9.17, 15) is 23.7 Å². The number of nitro benzene ring substituents is 1. The number of fused-ring (bicyclic) bond motifs is 1. The van der Waals surface area contributed by atoms with Gasteiger partial charge in [0, 0.05) is 18.6 Å². The average Bonchev–Trinajstić information content (AvgIpc) is 2.70. The summed E-state index contributed by atoms with van der Waals surface area (Å²) < 4.78 is 25.1. The summed E-state index contributed by atoms with van der Waals surface area (Å²) in [4.78, 5) is 10.1. The molecule has 0 radical (unpaired) electrons. The van der Waals surface area contributed by atoms with Crippen molar-refractivity contribution >= 4 is 26.7 Å². The highest BCUT2D eigenvalue weighted by molar-refractivity contribution is 7.89. The van der Waals surface area contributed by atoms with Gasteiger partial charge < -0.3 is 5.21 Å². The van der Waals surface area contributed by atoms with Crippen LogP contribution < -0.4 is 9.87 Å². The Hall–Kier alpha value is -2.20. The lowest BCUT2D eigenvalue weighted by molar-refractivity contribution is -0.587. The zero-order chi connectivity index (χ0) is 16.7. The van der Waals surface area contributed by atoms with Gasteiger partial charge in [-0.05, 0) is 6.42 Å². The third-order valence-corrected chi connectivity index (χ3v) is 4.26. The van der Waals surface area contributed by atoms with Gasteiger partial charge in [0.1, 0.15) is 0 Å². The Bertz CT molecular complexity index is 856. The van der Waals surface area contributed by atoms with Crippen LogP contribution in [0.3, 0.4) is 0 Å². The third kappa shape index (κ3) is 2.50. The van der Waals surface area contributed by atoms with E-state index in [0.29, 0.717) is 29.9 Å². The first-order valence-corrected chi connectivity index (χ1v) is 8.22. The van der Waals surface area contributed by atoms with E-state index in [0.717, 1.165) is 12.1 Å². The number of nitro groups is 1. The largest absolute Gasteiger partial charge is 0.710 e. The maximum absolute atomic E-state index is 12.3. The van der Waals surface area contributed by atoms with Crippen LogP contribution in [0.4, 0.5) is 5.69 Å². The Labute approximate surface area is 126 Å². The first kappa shape index (κ1) is 16.2. The molecule has 0 atom stereocenters. The van der Waals surface area contributed by atoms with Crippen molar-refractivity contribution < 1.29 is 18.1 Å². The summed E-state index contributed by atoms with van der Waals surface area (Å²) in [6, 6.07) is 1.97. The van der Waals surface area contributed by atoms with Crippen LogP contribution in [0.25, 0.3) is 11.0 Å². The smallest absolute Gasteiger partial charge is 0.321 e. The molecule has 9 nitrogen and oxygen atoms in total. The van der Waals surface area contributed by atoms with E-state index in [1.54, 1.807) is 11.5 Å². The highest BCUT2D eigenvalue weighted by Gasteiger charge is 2.30. The van der Waals surface area contributed by atoms with Crippen molar-refractivity contribution in [3.63, 3.8) is 0 Å². The summed E-state index contributed by atoms with van der Waals surface area (Å²) in [5.41, 5.74) is -0.395. The van der Waals surface area contributed by atoms with E-state index in [-0.39, 0.29) is 11.0 Å². The van der Waals surface area contributed by atoms with Crippen molar-refractivity contribution in [3.8, 4) is 0 Å². The molecule has 1 aromatic heterocycles. The molecule has 22 heavy (non-hydrogen) atoms. The van der Waals surface area contributed by atoms with Crippen LogP contribution in [-0.4, -0.2) is 17.9 Å². The van der Waals surface area contributed by atoms with E-state index in [2.05, 4.69) is 0 Å². The molecule has 1 aromatic carbocycles. The van der Waals surface area contributed by atoms with Crippen molar-refractivity contribution in [1.29, 1.82) is 0 Å². The molecule has 0 aliphatic rings. The van der Waals surface area contributed by atoms with Gasteiger partial charge in [-0.2, -0.15) is 0 Å². The predicted octanol–water partition coefficient (Wildman–Crippen LogP) is 0.803. The number of nitrogens with zero attached hydrogens (tertiary/aromatic N) is 3. The molecule has 0 saturated heterocycles. The number of sulfonamides is 1. The van der Waals surface area contributed by atoms with E-state index in [1.165, 1.54) is 0 Å². The maximum atomic E-state index is 12.3. The number of nitrogens with two attached hydrogens (primary N) is 1. The molecule has 120 valence electrons. The highest BCUT2D eigenvalue weighted by atomic mass is 32.2. The van der Waals surface area contributed by atoms with Crippen molar-refractivity contribution in [2.75, 3.05) is 0 Å². The normalized spacial score (nSPS) is 12.0. The van der Waals surface area contributed by atoms with Gasteiger partial charge in [-0.3, -0.25) is 10.1 Å². The van der Waals surface area contributed by atoms with Gasteiger partial charge in [-0.1, -0.05) is 13.8 Å². The van der Waals surface area contributed by atoms with Crippen LogP contribution in [0.15, 0.2) is 17.0 Å². The van der Waals surface area contributed by atoms with Gasteiger partial charge in [0.05, 0.1) is 16.4 Å². The molecule has 2 aromatic rings. The van der Waals surface area contributed by atoms with Crippen LogP contribution in [-0.2, 0) is 23.0 Å². The number of non-ortho nitro benzene ring substituents is 1. The Kier molecular flexibility index (Phi) is 4.07. The Balaban J connectivity index is 3.01. The zero-order valence-electron chi connectivity index (χ0n) is 12.1. The van der Waals surface area contributed by atoms with Gasteiger partial charge in [0.15, 0.2) is 5.52 Å². The van der Waals surface area contributed by atoms with Gasteiger partial charge in [0.25, 0.3) is 11.3 Å². The molecular formula is C12H16N4O5S. The molecule has 0 amide bonds. The van der Waals surface area contributed by atoms with Gasteiger partial charge >= 0.3 is 5.69 Å². The molecule has 2 rings (SSSR count). The first-order chi connectivity index (χ1) is 10.2. The molecule has 0 fully saturated rings. The van der Waals surface area contributed by atoms with Gasteiger partial charge in [-0.15, -0.1) is 0 Å². The maximum Gasteiger partial charge on any atom is 0.321 e. The number of hydrogen-bond acceptors (Lipinski definition) is 5. The topological polar surface area (TPSA) is 135 Å². The van der Waals surface area contributed by atoms with Crippen LogP contribution in [0.2, 0.25) is 0 Å². The minimum atomic E-state index is -4.16. The summed E-state index contributed by atoms with van der Waals surface area (Å²) >= 11 is 0. The molecule has 1 heterocycles. The lowest BCUT2D eigenvalue weighted by atomic mass is 10.2. The lowest BCUT2D eigenvalue weighted by Gasteiger charge is -2.02. The molecule has 0 unspecified atom stereocenters. The quantitative estimate of drug-likeness (QED) is 0.375. The van der Waals surface area contributed by atoms with Crippen molar-refractivity contribution in [2.24, 2.45) is 5.14 Å². The van der Waals surface area contributed by atoms with Crippen molar-refractivity contribution in [3.05, 3.63) is 33.3 Å². The van der Waals surface area contributed by atoms with E-state index in [1.807, 2.05) is 6.92 Å². The Morgan fingerprint density at radius 2 is 2.00 bits per heavy atom. The number of aryl methyl sites for hydroxylation is 1. The molecule has 0 aliphatic heterocycles. The summed E-state index contributed by atoms with van der Waals surface area (Å²) in [7, 11) is -4.16. The number of imidazole rings is 1. The van der Waals surface area contributed by atoms with E-state index < -0.39 is 25.5 Å². The monoisotopic (exact) mass is 328 g/mol. The zero-order valence-corrected chi connectivity index (χ0v) is 13.0. The number of hydrogen-bond donors (Lipinski definition) is 1. The summed E-state index contributed by atoms with van der Waals surface area (Å²) in [5, 5.41) is 28.7. The fraction of sp³-hybridized carbons (Fsp3) is 0.417. The molecule has 2 N–H and O–H groups in total. The number of primary sulfonamides is 1. The summed E-state index contributed by atoms with van der Waals surface area (Å²) in [6.45, 7) is 4.05. The highest BCUT2D eigenvalue weighted by Crippen LogP contribution is 2.29. The van der Waals surface area contributed by atoms with E-state index in [4.69, 9.17) is 5.14 Å². The Morgan fingerprint density at radius 3 is 2.45 bits per heavy atom. The number of benzene rings is 1. The van der Waals surface area contributed by atoms with Crippen LogP contribution >= 0.6 is 0 Å². The fourth-order valence-corrected chi connectivity index (χ4v) is 3.04.